The average Bonchev–Trinajstić information content (AvgIpc) is 3.31. The minimum atomic E-state index is 0.951. The molecule has 0 amide bonds. The van der Waals surface area contributed by atoms with Crippen molar-refractivity contribution in [3.63, 3.8) is 0 Å². The number of benzene rings is 3. The maximum atomic E-state index is 2.41. The summed E-state index contributed by atoms with van der Waals surface area (Å²) in [7, 11) is 0. The summed E-state index contributed by atoms with van der Waals surface area (Å²) in [5, 5.41) is 2.74. The van der Waals surface area contributed by atoms with Crippen molar-refractivity contribution >= 4 is 31.5 Å². The van der Waals surface area contributed by atoms with E-state index in [4.69, 9.17) is 0 Å². The number of aryl methyl sites for hydroxylation is 2. The van der Waals surface area contributed by atoms with Crippen LogP contribution in [0.2, 0.25) is 0 Å². The van der Waals surface area contributed by atoms with Crippen LogP contribution in [-0.4, -0.2) is 4.57 Å². The molecule has 0 spiro atoms. The Kier molecular flexibility index (Phi) is 2.98. The van der Waals surface area contributed by atoms with E-state index >= 15 is 0 Å². The molecule has 0 bridgehead atoms. The summed E-state index contributed by atoms with van der Waals surface area (Å²) >= 11 is 1.90. The van der Waals surface area contributed by atoms with Gasteiger partial charge in [0.25, 0.3) is 5.82 Å². The lowest BCUT2D eigenvalue weighted by molar-refractivity contribution is -0.671. The third-order valence-electron chi connectivity index (χ3n) is 5.76. The number of para-hydroxylation sites is 1. The monoisotopic (exact) mass is 367 g/mol. The molecule has 2 nitrogen and oxygen atoms in total. The molecule has 2 aromatic heterocycles. The highest BCUT2D eigenvalue weighted by Gasteiger charge is 2.32. The Hall–Kier alpha value is -2.91. The molecule has 0 radical (unpaired) electrons. The van der Waals surface area contributed by atoms with E-state index in [0.29, 0.717) is 0 Å². The fourth-order valence-corrected chi connectivity index (χ4v) is 5.69. The standard InChI is InChI=1S/C24H19N2S/c1-15-6-5-7-16(2)23(15)26-11-10-25-14-17-12-22-20(13-19(17)24(25)26)18-8-3-4-9-21(18)27-22/h3-13H,14H2,1-2H3/q+1. The molecule has 27 heavy (non-hydrogen) atoms. The molecule has 3 heteroatoms. The summed E-state index contributed by atoms with van der Waals surface area (Å²) in [6.07, 6.45) is 4.43. The Morgan fingerprint density at radius 1 is 0.889 bits per heavy atom. The number of imidazole rings is 1. The number of fused-ring (bicyclic) bond motifs is 6. The smallest absolute Gasteiger partial charge is 0.225 e. The van der Waals surface area contributed by atoms with Crippen LogP contribution in [0.15, 0.2) is 67.0 Å². The van der Waals surface area contributed by atoms with Crippen LogP contribution in [0.4, 0.5) is 0 Å². The van der Waals surface area contributed by atoms with Crippen LogP contribution in [0, 0.1) is 13.8 Å². The molecule has 0 aliphatic carbocycles. The zero-order valence-corrected chi connectivity index (χ0v) is 16.2. The molecule has 1 aliphatic rings. The molecule has 3 aromatic carbocycles. The Bertz CT molecular complexity index is 1350. The molecule has 0 N–H and O–H groups in total. The molecular weight excluding hydrogens is 348 g/mol. The van der Waals surface area contributed by atoms with E-state index in [-0.39, 0.29) is 0 Å². The Balaban J connectivity index is 1.66. The van der Waals surface area contributed by atoms with E-state index < -0.39 is 0 Å². The molecule has 0 atom stereocenters. The summed E-state index contributed by atoms with van der Waals surface area (Å²) in [4.78, 5) is 0. The molecule has 6 rings (SSSR count). The summed E-state index contributed by atoms with van der Waals surface area (Å²) in [5.74, 6) is 1.29. The van der Waals surface area contributed by atoms with Crippen molar-refractivity contribution in [2.75, 3.05) is 0 Å². The first-order chi connectivity index (χ1) is 13.2. The highest BCUT2D eigenvalue weighted by atomic mass is 32.1. The zero-order valence-electron chi connectivity index (χ0n) is 15.4. The molecule has 0 saturated carbocycles. The number of aromatic nitrogens is 2. The van der Waals surface area contributed by atoms with Gasteiger partial charge in [0.05, 0.1) is 5.56 Å². The van der Waals surface area contributed by atoms with Gasteiger partial charge in [0, 0.05) is 25.7 Å². The van der Waals surface area contributed by atoms with E-state index in [0.717, 1.165) is 6.54 Å². The third-order valence-corrected chi connectivity index (χ3v) is 6.89. The largest absolute Gasteiger partial charge is 0.294 e. The van der Waals surface area contributed by atoms with Gasteiger partial charge in [-0.05, 0) is 43.2 Å². The van der Waals surface area contributed by atoms with Crippen molar-refractivity contribution in [2.45, 2.75) is 20.4 Å². The Morgan fingerprint density at radius 3 is 2.56 bits per heavy atom. The molecule has 1 aliphatic heterocycles. The minimum absolute atomic E-state index is 0.951. The lowest BCUT2D eigenvalue weighted by Crippen LogP contribution is -2.30. The first kappa shape index (κ1) is 15.2. The second kappa shape index (κ2) is 5.30. The molecule has 3 heterocycles. The van der Waals surface area contributed by atoms with Crippen molar-refractivity contribution in [1.82, 2.24) is 4.57 Å². The van der Waals surface area contributed by atoms with E-state index in [1.165, 1.54) is 53.9 Å². The Morgan fingerprint density at radius 2 is 1.70 bits per heavy atom. The summed E-state index contributed by atoms with van der Waals surface area (Å²) in [6.45, 7) is 5.35. The molecular formula is C24H19N2S+. The fourth-order valence-electron chi connectivity index (χ4n) is 4.54. The van der Waals surface area contributed by atoms with Gasteiger partial charge in [-0.15, -0.1) is 11.3 Å². The lowest BCUT2D eigenvalue weighted by atomic mass is 10.0. The van der Waals surface area contributed by atoms with Crippen LogP contribution in [-0.2, 0) is 6.54 Å². The van der Waals surface area contributed by atoms with Gasteiger partial charge in [-0.3, -0.25) is 0 Å². The van der Waals surface area contributed by atoms with Crippen molar-refractivity contribution in [1.29, 1.82) is 0 Å². The molecule has 130 valence electrons. The first-order valence-electron chi connectivity index (χ1n) is 9.32. The topological polar surface area (TPSA) is 8.81 Å². The number of thiophene rings is 1. The number of nitrogens with zero attached hydrogens (tertiary/aromatic N) is 2. The van der Waals surface area contributed by atoms with Gasteiger partial charge in [-0.1, -0.05) is 36.4 Å². The second-order valence-electron chi connectivity index (χ2n) is 7.46. The normalized spacial score (nSPS) is 12.7. The van der Waals surface area contributed by atoms with Crippen molar-refractivity contribution in [2.24, 2.45) is 0 Å². The van der Waals surface area contributed by atoms with Crippen LogP contribution in [0.5, 0.6) is 0 Å². The van der Waals surface area contributed by atoms with Crippen molar-refractivity contribution in [3.8, 4) is 17.1 Å². The highest BCUT2D eigenvalue weighted by molar-refractivity contribution is 7.25. The van der Waals surface area contributed by atoms with Gasteiger partial charge in [-0.25, -0.2) is 4.57 Å². The maximum absolute atomic E-state index is 2.41. The van der Waals surface area contributed by atoms with Crippen LogP contribution in [0.1, 0.15) is 16.7 Å². The van der Waals surface area contributed by atoms with Crippen LogP contribution in [0.25, 0.3) is 37.2 Å². The zero-order chi connectivity index (χ0) is 18.1. The molecule has 0 saturated heterocycles. The SMILES string of the molecule is Cc1cccc(C)c1-n1cc[n+]2c1-c1cc3c(cc1C2)sc1ccccc13. The van der Waals surface area contributed by atoms with E-state index in [9.17, 15) is 0 Å². The van der Waals surface area contributed by atoms with Crippen LogP contribution >= 0.6 is 11.3 Å². The molecule has 0 unspecified atom stereocenters. The predicted octanol–water partition coefficient (Wildman–Crippen LogP) is 5.78. The van der Waals surface area contributed by atoms with Gasteiger partial charge >= 0.3 is 0 Å². The number of hydrogen-bond donors (Lipinski definition) is 0. The van der Waals surface area contributed by atoms with Gasteiger partial charge in [0.1, 0.15) is 24.6 Å². The number of hydrogen-bond acceptors (Lipinski definition) is 1. The molecule has 5 aromatic rings. The van der Waals surface area contributed by atoms with E-state index in [1.807, 2.05) is 11.3 Å². The van der Waals surface area contributed by atoms with Crippen molar-refractivity contribution in [3.05, 3.63) is 83.7 Å². The third kappa shape index (κ3) is 2.03. The fraction of sp³-hybridized carbons (Fsp3) is 0.125. The van der Waals surface area contributed by atoms with E-state index in [1.54, 1.807) is 0 Å². The highest BCUT2D eigenvalue weighted by Crippen LogP contribution is 2.40. The summed E-state index contributed by atoms with van der Waals surface area (Å²) < 4.78 is 7.51. The van der Waals surface area contributed by atoms with Gasteiger partial charge < -0.3 is 0 Å². The molecule has 0 fully saturated rings. The lowest BCUT2D eigenvalue weighted by Gasteiger charge is -2.07. The predicted molar refractivity (Wildman–Crippen MR) is 113 cm³/mol. The summed E-state index contributed by atoms with van der Waals surface area (Å²) in [5.41, 5.74) is 6.70. The quantitative estimate of drug-likeness (QED) is 0.326. The van der Waals surface area contributed by atoms with Crippen LogP contribution in [0.3, 0.4) is 0 Å². The average molecular weight is 367 g/mol. The van der Waals surface area contributed by atoms with Gasteiger partial charge in [0.15, 0.2) is 0 Å². The maximum Gasteiger partial charge on any atom is 0.294 e. The van der Waals surface area contributed by atoms with Crippen molar-refractivity contribution < 1.29 is 4.57 Å². The second-order valence-corrected chi connectivity index (χ2v) is 8.55. The summed E-state index contributed by atoms with van der Waals surface area (Å²) in [6, 6.07) is 20.1. The van der Waals surface area contributed by atoms with Gasteiger partial charge in [0.2, 0.25) is 0 Å². The number of rotatable bonds is 1. The minimum Gasteiger partial charge on any atom is -0.225 e. The van der Waals surface area contributed by atoms with Gasteiger partial charge in [-0.2, -0.15) is 4.57 Å². The van der Waals surface area contributed by atoms with E-state index in [2.05, 4.69) is 90.0 Å². The first-order valence-corrected chi connectivity index (χ1v) is 10.1. The Labute approximate surface area is 161 Å². The van der Waals surface area contributed by atoms with Crippen LogP contribution < -0.4 is 4.57 Å².